The molecule has 0 saturated heterocycles. The third kappa shape index (κ3) is 4.28. The quantitative estimate of drug-likeness (QED) is 0.571. The second-order valence-electron chi connectivity index (χ2n) is 8.57. The largest absolute Gasteiger partial charge is 0.463 e. The fraction of sp³-hybridized carbons (Fsp3) is 0.591. The minimum atomic E-state index is -1.70. The number of benzene rings is 1. The second kappa shape index (κ2) is 8.26. The highest BCUT2D eigenvalue weighted by molar-refractivity contribution is 6.02. The Morgan fingerprint density at radius 1 is 1.07 bits per heavy atom. The highest BCUT2D eigenvalue weighted by Gasteiger charge is 2.57. The monoisotopic (exact) mass is 420 g/mol. The summed E-state index contributed by atoms with van der Waals surface area (Å²) < 4.78 is 21.5. The number of carbonyl (C=O) groups is 3. The van der Waals surface area contributed by atoms with Crippen molar-refractivity contribution in [3.8, 4) is 11.5 Å². The van der Waals surface area contributed by atoms with Crippen molar-refractivity contribution < 1.29 is 38.4 Å². The zero-order valence-corrected chi connectivity index (χ0v) is 17.8. The van der Waals surface area contributed by atoms with Crippen LogP contribution in [0.1, 0.15) is 52.5 Å². The van der Waals surface area contributed by atoms with Gasteiger partial charge in [-0.2, -0.15) is 0 Å². The molecule has 0 bridgehead atoms. The number of carbonyl (C=O) groups excluding carboxylic acids is 3. The van der Waals surface area contributed by atoms with Gasteiger partial charge in [0, 0.05) is 12.3 Å². The zero-order valence-electron chi connectivity index (χ0n) is 17.8. The Labute approximate surface area is 175 Å². The van der Waals surface area contributed by atoms with E-state index in [1.807, 2.05) is 0 Å². The number of fused-ring (bicyclic) bond motifs is 1. The van der Waals surface area contributed by atoms with Crippen LogP contribution in [0.25, 0.3) is 0 Å². The lowest BCUT2D eigenvalue weighted by molar-refractivity contribution is -0.176. The first-order chi connectivity index (χ1) is 14.0. The zero-order chi connectivity index (χ0) is 22.2. The van der Waals surface area contributed by atoms with E-state index in [1.54, 1.807) is 45.9 Å². The highest BCUT2D eigenvalue weighted by Crippen LogP contribution is 2.48. The van der Waals surface area contributed by atoms with Crippen molar-refractivity contribution in [2.75, 3.05) is 6.79 Å². The molecule has 4 atom stereocenters. The number of hydrogen-bond donors (Lipinski definition) is 1. The summed E-state index contributed by atoms with van der Waals surface area (Å²) in [5, 5.41) is 11.1. The molecule has 164 valence electrons. The molecule has 30 heavy (non-hydrogen) atoms. The lowest BCUT2D eigenvalue weighted by Gasteiger charge is -2.44. The molecule has 0 aromatic heterocycles. The molecule has 8 nitrogen and oxygen atoms in total. The van der Waals surface area contributed by atoms with E-state index in [0.717, 1.165) is 0 Å². The Balaban J connectivity index is 2.12. The first kappa shape index (κ1) is 22.1. The van der Waals surface area contributed by atoms with E-state index in [0.29, 0.717) is 17.1 Å². The summed E-state index contributed by atoms with van der Waals surface area (Å²) in [5.74, 6) is -4.30. The number of esters is 2. The van der Waals surface area contributed by atoms with Crippen molar-refractivity contribution in [3.63, 3.8) is 0 Å². The molecule has 1 fully saturated rings. The number of ether oxygens (including phenoxy) is 4. The molecule has 1 saturated carbocycles. The van der Waals surface area contributed by atoms with Crippen LogP contribution in [-0.2, 0) is 23.9 Å². The molecule has 3 rings (SSSR count). The van der Waals surface area contributed by atoms with E-state index >= 15 is 0 Å². The van der Waals surface area contributed by atoms with Crippen LogP contribution in [-0.4, -0.2) is 47.4 Å². The van der Waals surface area contributed by atoms with Crippen molar-refractivity contribution >= 4 is 17.7 Å². The third-order valence-electron chi connectivity index (χ3n) is 5.26. The van der Waals surface area contributed by atoms with Crippen molar-refractivity contribution in [2.24, 2.45) is 11.8 Å². The van der Waals surface area contributed by atoms with Gasteiger partial charge in [0.25, 0.3) is 0 Å². The van der Waals surface area contributed by atoms with Gasteiger partial charge in [0.15, 0.2) is 17.3 Å². The van der Waals surface area contributed by atoms with Crippen LogP contribution in [0.5, 0.6) is 11.5 Å². The van der Waals surface area contributed by atoms with Gasteiger partial charge in [0.1, 0.15) is 5.92 Å². The summed E-state index contributed by atoms with van der Waals surface area (Å²) >= 11 is 0. The van der Waals surface area contributed by atoms with Crippen LogP contribution in [0.2, 0.25) is 0 Å². The minimum Gasteiger partial charge on any atom is -0.463 e. The predicted molar refractivity (Wildman–Crippen MR) is 105 cm³/mol. The fourth-order valence-corrected chi connectivity index (χ4v) is 4.15. The average Bonchev–Trinajstić information content (AvgIpc) is 3.06. The number of hydrogen-bond acceptors (Lipinski definition) is 8. The van der Waals surface area contributed by atoms with Crippen LogP contribution in [0, 0.1) is 11.8 Å². The number of Topliss-reactive ketones (excluding diaryl/α,β-unsaturated/α-hetero) is 1. The maximum absolute atomic E-state index is 13.0. The van der Waals surface area contributed by atoms with Crippen LogP contribution in [0.15, 0.2) is 18.2 Å². The first-order valence-corrected chi connectivity index (χ1v) is 10.1. The molecule has 1 aliphatic carbocycles. The van der Waals surface area contributed by atoms with Gasteiger partial charge in [-0.15, -0.1) is 0 Å². The standard InChI is InChI=1S/C22H28O8/c1-11(2)29-20(24)18-14(23)9-22(5,26)19(21(25)30-12(3)4)17(18)13-6-7-15-16(8-13)28-10-27-15/h6-8,11-12,17-19,26H,9-10H2,1-5H3/t17-,18+,19-,22+/m0/s1. The summed E-state index contributed by atoms with van der Waals surface area (Å²) in [6.45, 7) is 8.23. The van der Waals surface area contributed by atoms with Crippen molar-refractivity contribution in [2.45, 2.75) is 64.8 Å². The van der Waals surface area contributed by atoms with E-state index in [2.05, 4.69) is 0 Å². The van der Waals surface area contributed by atoms with Gasteiger partial charge < -0.3 is 24.1 Å². The molecule has 1 N–H and O–H groups in total. The van der Waals surface area contributed by atoms with Crippen LogP contribution >= 0.6 is 0 Å². The summed E-state index contributed by atoms with van der Waals surface area (Å²) in [6, 6.07) is 4.95. The topological polar surface area (TPSA) is 108 Å². The van der Waals surface area contributed by atoms with E-state index in [4.69, 9.17) is 18.9 Å². The Morgan fingerprint density at radius 3 is 2.30 bits per heavy atom. The van der Waals surface area contributed by atoms with E-state index < -0.39 is 53.3 Å². The Kier molecular flexibility index (Phi) is 6.08. The predicted octanol–water partition coefficient (Wildman–Crippen LogP) is 2.36. The van der Waals surface area contributed by atoms with E-state index in [-0.39, 0.29) is 13.2 Å². The molecule has 1 aliphatic heterocycles. The highest BCUT2D eigenvalue weighted by atomic mass is 16.7. The molecule has 0 unspecified atom stereocenters. The molecule has 2 aliphatic rings. The van der Waals surface area contributed by atoms with Gasteiger partial charge >= 0.3 is 11.9 Å². The molecular formula is C22H28O8. The fourth-order valence-electron chi connectivity index (χ4n) is 4.15. The van der Waals surface area contributed by atoms with Crippen LogP contribution < -0.4 is 9.47 Å². The van der Waals surface area contributed by atoms with Crippen LogP contribution in [0.4, 0.5) is 0 Å². The summed E-state index contributed by atoms with van der Waals surface area (Å²) in [6.07, 6.45) is -1.22. The Morgan fingerprint density at radius 2 is 1.67 bits per heavy atom. The molecule has 1 heterocycles. The molecular weight excluding hydrogens is 392 g/mol. The third-order valence-corrected chi connectivity index (χ3v) is 5.26. The Hall–Kier alpha value is -2.61. The molecule has 0 radical (unpaired) electrons. The van der Waals surface area contributed by atoms with Gasteiger partial charge in [-0.05, 0) is 52.3 Å². The number of aliphatic hydroxyl groups is 1. The first-order valence-electron chi connectivity index (χ1n) is 10.1. The molecule has 8 heteroatoms. The smallest absolute Gasteiger partial charge is 0.317 e. The molecule has 0 spiro atoms. The average molecular weight is 420 g/mol. The summed E-state index contributed by atoms with van der Waals surface area (Å²) in [4.78, 5) is 38.9. The van der Waals surface area contributed by atoms with Crippen LogP contribution in [0.3, 0.4) is 0 Å². The lowest BCUT2D eigenvalue weighted by atomic mass is 9.61. The van der Waals surface area contributed by atoms with Gasteiger partial charge in [0.2, 0.25) is 6.79 Å². The normalized spacial score (nSPS) is 28.0. The number of rotatable bonds is 5. The lowest BCUT2D eigenvalue weighted by Crippen LogP contribution is -2.55. The molecule has 0 amide bonds. The maximum Gasteiger partial charge on any atom is 0.317 e. The van der Waals surface area contributed by atoms with Crippen molar-refractivity contribution in [1.29, 1.82) is 0 Å². The summed E-state index contributed by atoms with van der Waals surface area (Å²) in [5.41, 5.74) is -1.21. The molecule has 1 aromatic carbocycles. The minimum absolute atomic E-state index is 0.0533. The number of ketones is 1. The van der Waals surface area contributed by atoms with Gasteiger partial charge in [0.05, 0.1) is 23.7 Å². The second-order valence-corrected chi connectivity index (χ2v) is 8.57. The Bertz CT molecular complexity index is 834. The van der Waals surface area contributed by atoms with Crippen molar-refractivity contribution in [3.05, 3.63) is 23.8 Å². The van der Waals surface area contributed by atoms with Crippen molar-refractivity contribution in [1.82, 2.24) is 0 Å². The van der Waals surface area contributed by atoms with E-state index in [9.17, 15) is 19.5 Å². The summed E-state index contributed by atoms with van der Waals surface area (Å²) in [7, 11) is 0. The molecule has 1 aromatic rings. The van der Waals surface area contributed by atoms with Gasteiger partial charge in [-0.1, -0.05) is 6.07 Å². The van der Waals surface area contributed by atoms with E-state index in [1.165, 1.54) is 6.92 Å². The SMILES string of the molecule is CC(C)OC(=O)[C@@H]1C(=O)C[C@@](C)(O)[C@H](C(=O)OC(C)C)[C@H]1c1ccc2c(c1)OCO2. The van der Waals surface area contributed by atoms with Gasteiger partial charge in [-0.3, -0.25) is 14.4 Å². The van der Waals surface area contributed by atoms with Gasteiger partial charge in [-0.25, -0.2) is 0 Å². The maximum atomic E-state index is 13.0.